The van der Waals surface area contributed by atoms with Gasteiger partial charge in [-0.1, -0.05) is 18.1 Å². The van der Waals surface area contributed by atoms with Gasteiger partial charge in [0.1, 0.15) is 0 Å². The molecule has 1 rings (SSSR count). The molecule has 1 unspecified atom stereocenters. The first-order chi connectivity index (χ1) is 8.56. The third-order valence-corrected chi connectivity index (χ3v) is 4.00. The summed E-state index contributed by atoms with van der Waals surface area (Å²) in [4.78, 5) is 3.17. The maximum absolute atomic E-state index is 8.95. The second-order valence-corrected chi connectivity index (χ2v) is 5.06. The van der Waals surface area contributed by atoms with Gasteiger partial charge in [-0.25, -0.2) is 0 Å². The van der Waals surface area contributed by atoms with Gasteiger partial charge in [0, 0.05) is 23.7 Å². The van der Waals surface area contributed by atoms with E-state index in [4.69, 9.17) is 10.9 Å². The molecule has 0 amide bonds. The van der Waals surface area contributed by atoms with Gasteiger partial charge in [-0.15, -0.1) is 11.8 Å². The predicted octanol–water partition coefficient (Wildman–Crippen LogP) is 2.74. The second kappa shape index (κ2) is 6.54. The van der Waals surface area contributed by atoms with E-state index >= 15 is 0 Å². The number of rotatable bonds is 5. The van der Waals surface area contributed by atoms with Crippen molar-refractivity contribution in [2.24, 2.45) is 10.9 Å². The molecule has 0 aromatic heterocycles. The van der Waals surface area contributed by atoms with Crippen LogP contribution in [0.25, 0.3) is 0 Å². The first kappa shape index (κ1) is 14.7. The van der Waals surface area contributed by atoms with Crippen LogP contribution in [0.5, 0.6) is 0 Å². The monoisotopic (exact) mass is 267 g/mol. The molecule has 1 atom stereocenters. The number of amidine groups is 1. The number of nitrogens with two attached hydrogens (primary N) is 1. The van der Waals surface area contributed by atoms with E-state index in [0.29, 0.717) is 6.04 Å². The van der Waals surface area contributed by atoms with Crippen LogP contribution in [0.4, 0.5) is 5.69 Å². The fraction of sp³-hybridized carbons (Fsp3) is 0.462. The Labute approximate surface area is 113 Å². The molecular weight excluding hydrogens is 246 g/mol. The van der Waals surface area contributed by atoms with E-state index in [1.807, 2.05) is 31.5 Å². The smallest absolute Gasteiger partial charge is 0.173 e. The van der Waals surface area contributed by atoms with Crippen LogP contribution in [0.1, 0.15) is 25.8 Å². The summed E-state index contributed by atoms with van der Waals surface area (Å²) in [6.45, 7) is 4.30. The summed E-state index contributed by atoms with van der Waals surface area (Å²) in [6.07, 6.45) is 3.02. The molecule has 0 spiro atoms. The fourth-order valence-electron chi connectivity index (χ4n) is 1.80. The summed E-state index contributed by atoms with van der Waals surface area (Å²) in [7, 11) is 2.03. The lowest BCUT2D eigenvalue weighted by Crippen LogP contribution is -2.30. The summed E-state index contributed by atoms with van der Waals surface area (Å²) < 4.78 is 0. The first-order valence-corrected chi connectivity index (χ1v) is 7.17. The summed E-state index contributed by atoms with van der Waals surface area (Å²) in [5.74, 6) is 0.158. The lowest BCUT2D eigenvalue weighted by molar-refractivity contribution is 0.318. The molecule has 0 saturated carbocycles. The van der Waals surface area contributed by atoms with Crippen molar-refractivity contribution >= 4 is 23.3 Å². The highest BCUT2D eigenvalue weighted by molar-refractivity contribution is 7.98. The van der Waals surface area contributed by atoms with Crippen LogP contribution in [-0.4, -0.2) is 30.4 Å². The highest BCUT2D eigenvalue weighted by Crippen LogP contribution is 2.30. The summed E-state index contributed by atoms with van der Waals surface area (Å²) in [5.41, 5.74) is 7.60. The normalized spacial score (nSPS) is 13.4. The van der Waals surface area contributed by atoms with Crippen molar-refractivity contribution in [3.8, 4) is 0 Å². The van der Waals surface area contributed by atoms with E-state index in [2.05, 4.69) is 23.9 Å². The Bertz CT molecular complexity index is 434. The van der Waals surface area contributed by atoms with Crippen molar-refractivity contribution in [1.29, 1.82) is 0 Å². The number of hydrogen-bond donors (Lipinski definition) is 2. The van der Waals surface area contributed by atoms with E-state index in [1.165, 1.54) is 0 Å². The van der Waals surface area contributed by atoms with Crippen molar-refractivity contribution in [2.75, 3.05) is 18.2 Å². The number of benzene rings is 1. The molecule has 0 aliphatic rings. The zero-order chi connectivity index (χ0) is 13.7. The average Bonchev–Trinajstić information content (AvgIpc) is 2.43. The van der Waals surface area contributed by atoms with Gasteiger partial charge < -0.3 is 15.8 Å². The number of thioether (sulfide) groups is 1. The SMILES string of the molecule is CCC(C)N(C)c1cccc(SC)c1/C(N)=N/O. The van der Waals surface area contributed by atoms with Gasteiger partial charge in [-0.05, 0) is 31.7 Å². The van der Waals surface area contributed by atoms with Crippen LogP contribution < -0.4 is 10.6 Å². The Balaban J connectivity index is 3.35. The molecule has 0 radical (unpaired) electrons. The van der Waals surface area contributed by atoms with Gasteiger partial charge in [0.2, 0.25) is 0 Å². The standard InChI is InChI=1S/C13H21N3OS/c1-5-9(2)16(3)10-7-6-8-11(18-4)12(10)13(14)15-17/h6-9,17H,5H2,1-4H3,(H2,14,15). The Morgan fingerprint density at radius 3 is 2.72 bits per heavy atom. The molecule has 0 bridgehead atoms. The van der Waals surface area contributed by atoms with Crippen LogP contribution in [0.2, 0.25) is 0 Å². The largest absolute Gasteiger partial charge is 0.409 e. The van der Waals surface area contributed by atoms with Gasteiger partial charge in [0.25, 0.3) is 0 Å². The number of nitrogens with zero attached hydrogens (tertiary/aromatic N) is 2. The summed E-state index contributed by atoms with van der Waals surface area (Å²) in [6, 6.07) is 6.37. The molecule has 4 nitrogen and oxygen atoms in total. The number of oxime groups is 1. The average molecular weight is 267 g/mol. The minimum Gasteiger partial charge on any atom is -0.409 e. The zero-order valence-corrected chi connectivity index (χ0v) is 12.2. The highest BCUT2D eigenvalue weighted by Gasteiger charge is 2.17. The highest BCUT2D eigenvalue weighted by atomic mass is 32.2. The third-order valence-electron chi connectivity index (χ3n) is 3.22. The van der Waals surface area contributed by atoms with Gasteiger partial charge in [0.15, 0.2) is 5.84 Å². The van der Waals surface area contributed by atoms with Crippen LogP contribution in [0.15, 0.2) is 28.3 Å². The first-order valence-electron chi connectivity index (χ1n) is 5.94. The van der Waals surface area contributed by atoms with Gasteiger partial charge in [-0.3, -0.25) is 0 Å². The Kier molecular flexibility index (Phi) is 5.34. The van der Waals surface area contributed by atoms with Crippen molar-refractivity contribution in [3.05, 3.63) is 23.8 Å². The van der Waals surface area contributed by atoms with E-state index in [-0.39, 0.29) is 5.84 Å². The molecule has 0 fully saturated rings. The van der Waals surface area contributed by atoms with Gasteiger partial charge in [-0.2, -0.15) is 0 Å². The maximum atomic E-state index is 8.95. The predicted molar refractivity (Wildman–Crippen MR) is 78.9 cm³/mol. The topological polar surface area (TPSA) is 61.8 Å². The van der Waals surface area contributed by atoms with Crippen molar-refractivity contribution in [3.63, 3.8) is 0 Å². The molecule has 1 aromatic carbocycles. The van der Waals surface area contributed by atoms with Gasteiger partial charge in [0.05, 0.1) is 5.56 Å². The maximum Gasteiger partial charge on any atom is 0.173 e. The molecule has 0 aliphatic heterocycles. The number of hydrogen-bond acceptors (Lipinski definition) is 4. The van der Waals surface area contributed by atoms with E-state index < -0.39 is 0 Å². The van der Waals surface area contributed by atoms with E-state index in [1.54, 1.807) is 11.8 Å². The summed E-state index contributed by atoms with van der Waals surface area (Å²) in [5, 5.41) is 12.1. The summed E-state index contributed by atoms with van der Waals surface area (Å²) >= 11 is 1.59. The molecule has 100 valence electrons. The molecule has 5 heteroatoms. The Morgan fingerprint density at radius 1 is 1.56 bits per heavy atom. The van der Waals surface area contributed by atoms with Crippen LogP contribution in [0.3, 0.4) is 0 Å². The van der Waals surface area contributed by atoms with Crippen molar-refractivity contribution < 1.29 is 5.21 Å². The van der Waals surface area contributed by atoms with E-state index in [9.17, 15) is 0 Å². The van der Waals surface area contributed by atoms with Crippen LogP contribution >= 0.6 is 11.8 Å². The van der Waals surface area contributed by atoms with Crippen LogP contribution in [-0.2, 0) is 0 Å². The lowest BCUT2D eigenvalue weighted by atomic mass is 10.1. The molecular formula is C13H21N3OS. The lowest BCUT2D eigenvalue weighted by Gasteiger charge is -2.28. The molecule has 18 heavy (non-hydrogen) atoms. The number of anilines is 1. The fourth-order valence-corrected chi connectivity index (χ4v) is 2.43. The van der Waals surface area contributed by atoms with Crippen LogP contribution in [0, 0.1) is 0 Å². The molecule has 1 aromatic rings. The Hall–Kier alpha value is -1.36. The van der Waals surface area contributed by atoms with Gasteiger partial charge >= 0.3 is 0 Å². The van der Waals surface area contributed by atoms with Crippen molar-refractivity contribution in [2.45, 2.75) is 31.2 Å². The quantitative estimate of drug-likeness (QED) is 0.283. The molecule has 0 aliphatic carbocycles. The Morgan fingerprint density at radius 2 is 2.22 bits per heavy atom. The molecule has 0 heterocycles. The van der Waals surface area contributed by atoms with E-state index in [0.717, 1.165) is 22.6 Å². The minimum atomic E-state index is 0.158. The second-order valence-electron chi connectivity index (χ2n) is 4.21. The molecule has 3 N–H and O–H groups in total. The molecule has 0 saturated heterocycles. The van der Waals surface area contributed by atoms with Crippen molar-refractivity contribution in [1.82, 2.24) is 0 Å². The minimum absolute atomic E-state index is 0.158. The third kappa shape index (κ3) is 2.90. The zero-order valence-electron chi connectivity index (χ0n) is 11.3.